The van der Waals surface area contributed by atoms with E-state index < -0.39 is 53.3 Å². The second kappa shape index (κ2) is 8.63. The van der Waals surface area contributed by atoms with Crippen molar-refractivity contribution in [2.24, 2.45) is 5.41 Å². The third-order valence-electron chi connectivity index (χ3n) is 4.17. The molecule has 1 aromatic heterocycles. The van der Waals surface area contributed by atoms with Gasteiger partial charge in [0.25, 0.3) is 0 Å². The van der Waals surface area contributed by atoms with Crippen LogP contribution in [-0.2, 0) is 26.8 Å². The molecule has 0 saturated heterocycles. The van der Waals surface area contributed by atoms with E-state index in [1.165, 1.54) is 12.3 Å². The molecule has 2 rings (SSSR count). The number of nitrogens with two attached hydrogens (primary N) is 1. The molecule has 0 spiro atoms. The molecule has 18 heteroatoms. The third-order valence-corrected chi connectivity index (χ3v) is 7.95. The van der Waals surface area contributed by atoms with Crippen LogP contribution in [0.15, 0.2) is 17.1 Å². The number of hydrogen-bond acceptors (Lipinski definition) is 10. The minimum Gasteiger partial charge on any atom is -0.391 e. The first-order valence-electron chi connectivity index (χ1n) is 7.87. The van der Waals surface area contributed by atoms with Crippen LogP contribution in [0.2, 0.25) is 0 Å². The van der Waals surface area contributed by atoms with Gasteiger partial charge in [-0.3, -0.25) is 9.09 Å². The topological polar surface area (TPSA) is 241 Å². The summed E-state index contributed by atoms with van der Waals surface area (Å²) in [6.45, 7) is -0.873. The molecule has 15 nitrogen and oxygen atoms in total. The highest BCUT2D eigenvalue weighted by molar-refractivity contribution is 7.66. The van der Waals surface area contributed by atoms with Crippen LogP contribution in [0.3, 0.4) is 0 Å². The summed E-state index contributed by atoms with van der Waals surface area (Å²) in [7, 11) is -16.7. The fraction of sp³-hybridized carbons (Fsp3) is 0.500. The Labute approximate surface area is 168 Å². The zero-order valence-corrected chi connectivity index (χ0v) is 17.6. The molecule has 1 aliphatic rings. The summed E-state index contributed by atoms with van der Waals surface area (Å²) in [6.07, 6.45) is 5.27. The summed E-state index contributed by atoms with van der Waals surface area (Å²) < 4.78 is 46.8. The van der Waals surface area contributed by atoms with Gasteiger partial charge in [-0.05, 0) is 18.9 Å². The number of nitrogen functional groups attached to an aromatic ring is 1. The maximum absolute atomic E-state index is 12.0. The number of anilines is 1. The Morgan fingerprint density at radius 2 is 1.90 bits per heavy atom. The molecule has 1 heterocycles. The maximum atomic E-state index is 12.0. The maximum Gasteiger partial charge on any atom is 0.490 e. The van der Waals surface area contributed by atoms with Crippen molar-refractivity contribution >= 4 is 29.3 Å². The van der Waals surface area contributed by atoms with Gasteiger partial charge in [0.1, 0.15) is 5.82 Å². The second-order valence-corrected chi connectivity index (χ2v) is 10.7. The number of terminal acetylenes is 1. The van der Waals surface area contributed by atoms with Crippen LogP contribution in [0.4, 0.5) is 5.82 Å². The highest BCUT2D eigenvalue weighted by Gasteiger charge is 2.49. The van der Waals surface area contributed by atoms with Gasteiger partial charge in [-0.25, -0.2) is 18.5 Å². The van der Waals surface area contributed by atoms with Crippen LogP contribution in [0.25, 0.3) is 0 Å². The zero-order valence-electron chi connectivity index (χ0n) is 14.9. The Hall–Kier alpha value is -1.39. The van der Waals surface area contributed by atoms with Gasteiger partial charge >= 0.3 is 29.2 Å². The van der Waals surface area contributed by atoms with Crippen molar-refractivity contribution in [3.05, 3.63) is 22.7 Å². The van der Waals surface area contributed by atoms with Gasteiger partial charge < -0.3 is 30.4 Å². The van der Waals surface area contributed by atoms with Crippen LogP contribution in [0.1, 0.15) is 18.9 Å². The van der Waals surface area contributed by atoms with E-state index in [1.807, 2.05) is 0 Å². The monoisotopic (exact) mass is 489 g/mol. The van der Waals surface area contributed by atoms with Gasteiger partial charge in [0.05, 0.1) is 18.1 Å². The normalized spacial score (nSPS) is 28.4. The average molecular weight is 489 g/mol. The lowest BCUT2D eigenvalue weighted by molar-refractivity contribution is 0.0443. The summed E-state index contributed by atoms with van der Waals surface area (Å²) in [5, 5.41) is 10.4. The van der Waals surface area contributed by atoms with E-state index in [0.29, 0.717) is 0 Å². The highest BCUT2D eigenvalue weighted by atomic mass is 31.3. The molecule has 0 aliphatic heterocycles. The van der Waals surface area contributed by atoms with E-state index in [9.17, 15) is 28.5 Å². The number of rotatable bonds is 8. The molecule has 7 N–H and O–H groups in total. The van der Waals surface area contributed by atoms with Crippen LogP contribution in [-0.4, -0.2) is 46.9 Å². The minimum atomic E-state index is -5.69. The zero-order chi connectivity index (χ0) is 23.0. The smallest absolute Gasteiger partial charge is 0.391 e. The van der Waals surface area contributed by atoms with Gasteiger partial charge in [0.2, 0.25) is 0 Å². The Morgan fingerprint density at radius 3 is 2.43 bits per heavy atom. The SMILES string of the molecule is C#C[C@@]1(COP(=O)(O)OP(=O)(O)OP(=O)(O)O)C[C@H](n2ccc(N)nc2=O)C[C@H]1O. The highest BCUT2D eigenvalue weighted by Crippen LogP contribution is 2.66. The third kappa shape index (κ3) is 6.31. The van der Waals surface area contributed by atoms with Gasteiger partial charge in [-0.15, -0.1) is 6.42 Å². The molecule has 1 aliphatic carbocycles. The molecule has 0 bridgehead atoms. The van der Waals surface area contributed by atoms with Crippen molar-refractivity contribution in [1.29, 1.82) is 0 Å². The minimum absolute atomic E-state index is 0.0225. The van der Waals surface area contributed by atoms with Crippen molar-refractivity contribution in [2.75, 3.05) is 12.3 Å². The van der Waals surface area contributed by atoms with E-state index >= 15 is 0 Å². The number of phosphoric ester groups is 1. The first-order chi connectivity index (χ1) is 13.6. The Morgan fingerprint density at radius 1 is 1.27 bits per heavy atom. The summed E-state index contributed by atoms with van der Waals surface area (Å²) in [4.78, 5) is 51.3. The molecular formula is C12H18N3O12P3. The van der Waals surface area contributed by atoms with Crippen molar-refractivity contribution < 1.29 is 51.5 Å². The van der Waals surface area contributed by atoms with Crippen LogP contribution >= 0.6 is 23.5 Å². The van der Waals surface area contributed by atoms with Gasteiger partial charge in [0.15, 0.2) is 0 Å². The van der Waals surface area contributed by atoms with E-state index in [4.69, 9.17) is 26.8 Å². The Balaban J connectivity index is 2.15. The van der Waals surface area contributed by atoms with Gasteiger partial charge in [-0.2, -0.15) is 13.6 Å². The summed E-state index contributed by atoms with van der Waals surface area (Å²) in [5.41, 5.74) is 3.09. The number of aliphatic hydroxyl groups excluding tert-OH is 1. The molecule has 5 atom stereocenters. The summed E-state index contributed by atoms with van der Waals surface area (Å²) in [6, 6.07) is 0.664. The summed E-state index contributed by atoms with van der Waals surface area (Å²) in [5.74, 6) is 2.20. The first kappa shape index (κ1) is 24.9. The largest absolute Gasteiger partial charge is 0.490 e. The van der Waals surface area contributed by atoms with Crippen molar-refractivity contribution in [3.8, 4) is 12.3 Å². The lowest BCUT2D eigenvalue weighted by Gasteiger charge is -2.27. The van der Waals surface area contributed by atoms with Gasteiger partial charge in [-0.1, -0.05) is 5.92 Å². The predicted octanol–water partition coefficient (Wildman–Crippen LogP) is -0.516. The predicted molar refractivity (Wildman–Crippen MR) is 98.3 cm³/mol. The standard InChI is InChI=1S/C12H18N3O12P3/c1-2-12(7-25-29(21,22)27-30(23,24)26-28(18,19)20)6-8(5-9(12)16)15-4-3-10(13)14-11(15)17/h1,3-4,8-9,16H,5-7H2,(H,21,22)(H,23,24)(H2,13,14,17)(H2,18,19,20)/t8-,9-,12+/m1/s1. The Bertz CT molecular complexity index is 1050. The number of aromatic nitrogens is 2. The summed E-state index contributed by atoms with van der Waals surface area (Å²) >= 11 is 0. The molecule has 0 radical (unpaired) electrons. The van der Waals surface area contributed by atoms with Crippen LogP contribution < -0.4 is 11.4 Å². The average Bonchev–Trinajstić information content (AvgIpc) is 2.86. The lowest BCUT2D eigenvalue weighted by atomic mass is 9.86. The van der Waals surface area contributed by atoms with E-state index in [2.05, 4.69) is 24.0 Å². The second-order valence-electron chi connectivity index (χ2n) is 6.32. The lowest BCUT2D eigenvalue weighted by Crippen LogP contribution is -2.33. The van der Waals surface area contributed by atoms with Gasteiger partial charge in [0, 0.05) is 12.2 Å². The number of hydrogen-bond donors (Lipinski definition) is 6. The molecular weight excluding hydrogens is 471 g/mol. The molecule has 1 saturated carbocycles. The first-order valence-corrected chi connectivity index (χ1v) is 12.4. The van der Waals surface area contributed by atoms with E-state index in [-0.39, 0.29) is 18.7 Å². The van der Waals surface area contributed by atoms with Crippen LogP contribution in [0, 0.1) is 17.8 Å². The van der Waals surface area contributed by atoms with Crippen LogP contribution in [0.5, 0.6) is 0 Å². The molecule has 0 amide bonds. The molecule has 2 unspecified atom stereocenters. The van der Waals surface area contributed by atoms with Crippen molar-refractivity contribution in [1.82, 2.24) is 9.55 Å². The van der Waals surface area contributed by atoms with Crippen molar-refractivity contribution in [2.45, 2.75) is 25.0 Å². The number of aliphatic hydroxyl groups is 1. The molecule has 168 valence electrons. The number of phosphoric acid groups is 3. The fourth-order valence-corrected chi connectivity index (χ4v) is 5.98. The quantitative estimate of drug-likeness (QED) is 0.199. The van der Waals surface area contributed by atoms with Crippen molar-refractivity contribution in [3.63, 3.8) is 0 Å². The Kier molecular flexibility index (Phi) is 7.15. The molecule has 1 aromatic rings. The molecule has 30 heavy (non-hydrogen) atoms. The van der Waals surface area contributed by atoms with E-state index in [0.717, 1.165) is 4.57 Å². The van der Waals surface area contributed by atoms with E-state index in [1.54, 1.807) is 0 Å². The fourth-order valence-electron chi connectivity index (χ4n) is 2.89. The number of nitrogens with zero attached hydrogens (tertiary/aromatic N) is 2. The molecule has 0 aromatic carbocycles. The molecule has 1 fully saturated rings.